The third-order valence-electron chi connectivity index (χ3n) is 6.44. The first-order chi connectivity index (χ1) is 11.5. The van der Waals surface area contributed by atoms with E-state index in [1.165, 1.54) is 19.3 Å². The van der Waals surface area contributed by atoms with Crippen molar-refractivity contribution in [1.29, 1.82) is 0 Å². The maximum Gasteiger partial charge on any atom is 0.226 e. The van der Waals surface area contributed by atoms with E-state index >= 15 is 0 Å². The zero-order valence-corrected chi connectivity index (χ0v) is 15.4. The molecule has 0 aromatic carbocycles. The molecule has 4 saturated carbocycles. The quantitative estimate of drug-likeness (QED) is 0.669. The molecule has 4 heteroatoms. The van der Waals surface area contributed by atoms with Crippen LogP contribution in [0.15, 0.2) is 0 Å². The van der Waals surface area contributed by atoms with Crippen LogP contribution in [-0.4, -0.2) is 24.9 Å². The molecule has 24 heavy (non-hydrogen) atoms. The van der Waals surface area contributed by atoms with E-state index in [0.29, 0.717) is 18.9 Å². The molecule has 4 nitrogen and oxygen atoms in total. The number of hydrogen-bond acceptors (Lipinski definition) is 2. The normalized spacial score (nSPS) is 33.7. The molecule has 4 fully saturated rings. The maximum absolute atomic E-state index is 12.8. The molecule has 0 aromatic heterocycles. The first-order valence-corrected chi connectivity index (χ1v) is 10.0. The Morgan fingerprint density at radius 3 is 2.08 bits per heavy atom. The Hall–Kier alpha value is -1.06. The average molecular weight is 335 g/mol. The van der Waals surface area contributed by atoms with Crippen molar-refractivity contribution in [3.05, 3.63) is 0 Å². The van der Waals surface area contributed by atoms with E-state index in [9.17, 15) is 9.59 Å². The highest BCUT2D eigenvalue weighted by Gasteiger charge is 2.54. The largest absolute Gasteiger partial charge is 0.356 e. The fraction of sp³-hybridized carbons (Fsp3) is 0.900. The molecule has 4 aliphatic rings. The maximum atomic E-state index is 12.8. The molecule has 0 aliphatic heterocycles. The van der Waals surface area contributed by atoms with Gasteiger partial charge in [-0.3, -0.25) is 9.59 Å². The summed E-state index contributed by atoms with van der Waals surface area (Å²) in [6.07, 6.45) is 9.90. The summed E-state index contributed by atoms with van der Waals surface area (Å²) in [5.41, 5.74) is -0.0948. The highest BCUT2D eigenvalue weighted by atomic mass is 16.2. The third-order valence-corrected chi connectivity index (χ3v) is 6.44. The van der Waals surface area contributed by atoms with Crippen molar-refractivity contribution in [1.82, 2.24) is 10.6 Å². The lowest BCUT2D eigenvalue weighted by atomic mass is 9.49. The SMILES string of the molecule is CC(C)CCCNC(=O)CCNC(=O)C12CC3CC(CC(C3)C1)C2. The molecular weight excluding hydrogens is 300 g/mol. The third kappa shape index (κ3) is 4.12. The fourth-order valence-electron chi connectivity index (χ4n) is 5.69. The Balaban J connectivity index is 1.36. The molecule has 2 N–H and O–H groups in total. The molecule has 4 bridgehead atoms. The minimum absolute atomic E-state index is 0.0598. The van der Waals surface area contributed by atoms with E-state index in [-0.39, 0.29) is 17.2 Å². The van der Waals surface area contributed by atoms with Crippen LogP contribution in [0.1, 0.15) is 71.6 Å². The van der Waals surface area contributed by atoms with Crippen LogP contribution < -0.4 is 10.6 Å². The summed E-state index contributed by atoms with van der Waals surface area (Å²) in [5, 5.41) is 6.04. The molecule has 0 heterocycles. The van der Waals surface area contributed by atoms with Gasteiger partial charge in [0, 0.05) is 24.9 Å². The van der Waals surface area contributed by atoms with Crippen LogP contribution in [0.3, 0.4) is 0 Å². The van der Waals surface area contributed by atoms with E-state index in [0.717, 1.165) is 56.4 Å². The topological polar surface area (TPSA) is 58.2 Å². The minimum Gasteiger partial charge on any atom is -0.356 e. The Bertz CT molecular complexity index is 437. The molecule has 4 rings (SSSR count). The summed E-state index contributed by atoms with van der Waals surface area (Å²) in [5.74, 6) is 3.32. The van der Waals surface area contributed by atoms with Crippen LogP contribution in [0.2, 0.25) is 0 Å². The van der Waals surface area contributed by atoms with Crippen LogP contribution in [0, 0.1) is 29.1 Å². The second-order valence-electron chi connectivity index (χ2n) is 9.09. The average Bonchev–Trinajstić information content (AvgIpc) is 2.50. The first kappa shape index (κ1) is 17.8. The van der Waals surface area contributed by atoms with Gasteiger partial charge in [-0.1, -0.05) is 13.8 Å². The van der Waals surface area contributed by atoms with Crippen molar-refractivity contribution < 1.29 is 9.59 Å². The summed E-state index contributed by atoms with van der Waals surface area (Å²) >= 11 is 0. The van der Waals surface area contributed by atoms with Gasteiger partial charge in [-0.25, -0.2) is 0 Å². The van der Waals surface area contributed by atoms with Crippen molar-refractivity contribution in [2.24, 2.45) is 29.1 Å². The predicted octanol–water partition coefficient (Wildman–Crippen LogP) is 3.26. The number of carbonyl (C=O) groups is 2. The van der Waals surface area contributed by atoms with E-state index in [4.69, 9.17) is 0 Å². The van der Waals surface area contributed by atoms with Crippen molar-refractivity contribution in [3.63, 3.8) is 0 Å². The summed E-state index contributed by atoms with van der Waals surface area (Å²) in [6, 6.07) is 0. The van der Waals surface area contributed by atoms with Gasteiger partial charge in [-0.05, 0) is 75.0 Å². The van der Waals surface area contributed by atoms with Gasteiger partial charge in [0.1, 0.15) is 0 Å². The van der Waals surface area contributed by atoms with E-state index in [1.54, 1.807) is 0 Å². The number of carbonyl (C=O) groups excluding carboxylic acids is 2. The Morgan fingerprint density at radius 1 is 0.958 bits per heavy atom. The lowest BCUT2D eigenvalue weighted by Crippen LogP contribution is -2.53. The van der Waals surface area contributed by atoms with Crippen molar-refractivity contribution in [3.8, 4) is 0 Å². The minimum atomic E-state index is -0.0948. The summed E-state index contributed by atoms with van der Waals surface area (Å²) in [6.45, 7) is 5.63. The van der Waals surface area contributed by atoms with Crippen LogP contribution in [0.4, 0.5) is 0 Å². The van der Waals surface area contributed by atoms with Gasteiger partial charge in [0.25, 0.3) is 0 Å². The van der Waals surface area contributed by atoms with Crippen LogP contribution in [0.25, 0.3) is 0 Å². The molecule has 0 radical (unpaired) electrons. The Labute approximate surface area is 146 Å². The Kier molecular flexibility index (Phi) is 5.51. The van der Waals surface area contributed by atoms with Gasteiger partial charge >= 0.3 is 0 Å². The zero-order chi connectivity index (χ0) is 17.2. The standard InChI is InChI=1S/C20H34N2O2/c1-14(2)4-3-6-21-18(23)5-7-22-19(24)20-11-15-8-16(12-20)10-17(9-15)13-20/h14-17H,3-13H2,1-2H3,(H,21,23)(H,22,24). The number of amides is 2. The molecule has 136 valence electrons. The van der Waals surface area contributed by atoms with Gasteiger partial charge in [0.15, 0.2) is 0 Å². The van der Waals surface area contributed by atoms with E-state index in [2.05, 4.69) is 24.5 Å². The van der Waals surface area contributed by atoms with Crippen molar-refractivity contribution in [2.45, 2.75) is 71.6 Å². The highest BCUT2D eigenvalue weighted by Crippen LogP contribution is 2.60. The molecule has 0 unspecified atom stereocenters. The van der Waals surface area contributed by atoms with Crippen molar-refractivity contribution >= 4 is 11.8 Å². The number of nitrogens with one attached hydrogen (secondary N) is 2. The van der Waals surface area contributed by atoms with Gasteiger partial charge in [-0.2, -0.15) is 0 Å². The van der Waals surface area contributed by atoms with Gasteiger partial charge in [0.2, 0.25) is 11.8 Å². The van der Waals surface area contributed by atoms with Crippen molar-refractivity contribution in [2.75, 3.05) is 13.1 Å². The van der Waals surface area contributed by atoms with Gasteiger partial charge < -0.3 is 10.6 Å². The smallest absolute Gasteiger partial charge is 0.226 e. The Morgan fingerprint density at radius 2 is 1.54 bits per heavy atom. The fourth-order valence-corrected chi connectivity index (χ4v) is 5.69. The van der Waals surface area contributed by atoms with Gasteiger partial charge in [0.05, 0.1) is 0 Å². The number of rotatable bonds is 8. The van der Waals surface area contributed by atoms with Crippen LogP contribution in [-0.2, 0) is 9.59 Å². The summed E-state index contributed by atoms with van der Waals surface area (Å²) in [7, 11) is 0. The second-order valence-corrected chi connectivity index (χ2v) is 9.09. The molecular formula is C20H34N2O2. The zero-order valence-electron chi connectivity index (χ0n) is 15.4. The van der Waals surface area contributed by atoms with Crippen LogP contribution >= 0.6 is 0 Å². The molecule has 2 amide bonds. The summed E-state index contributed by atoms with van der Waals surface area (Å²) in [4.78, 5) is 24.6. The van der Waals surface area contributed by atoms with Gasteiger partial charge in [-0.15, -0.1) is 0 Å². The second kappa shape index (κ2) is 7.45. The molecule has 0 atom stereocenters. The molecule has 4 aliphatic carbocycles. The first-order valence-electron chi connectivity index (χ1n) is 10.0. The lowest BCUT2D eigenvalue weighted by Gasteiger charge is -2.55. The molecule has 0 aromatic rings. The highest BCUT2D eigenvalue weighted by molar-refractivity contribution is 5.84. The monoisotopic (exact) mass is 334 g/mol. The number of hydrogen-bond donors (Lipinski definition) is 2. The summed E-state index contributed by atoms with van der Waals surface area (Å²) < 4.78 is 0. The van der Waals surface area contributed by atoms with E-state index in [1.807, 2.05) is 0 Å². The lowest BCUT2D eigenvalue weighted by molar-refractivity contribution is -0.146. The van der Waals surface area contributed by atoms with Crippen LogP contribution in [0.5, 0.6) is 0 Å². The molecule has 0 spiro atoms. The molecule has 0 saturated heterocycles. The van der Waals surface area contributed by atoms with E-state index < -0.39 is 0 Å². The predicted molar refractivity (Wildman–Crippen MR) is 95.3 cm³/mol.